The van der Waals surface area contributed by atoms with Crippen molar-refractivity contribution < 1.29 is 5.11 Å². The molecule has 1 aromatic heterocycles. The molecule has 1 aromatic rings. The van der Waals surface area contributed by atoms with E-state index in [4.69, 9.17) is 0 Å². The van der Waals surface area contributed by atoms with Crippen molar-refractivity contribution in [1.29, 1.82) is 0 Å². The highest BCUT2D eigenvalue weighted by molar-refractivity contribution is 4.90. The van der Waals surface area contributed by atoms with E-state index in [1.54, 1.807) is 11.0 Å². The second kappa shape index (κ2) is 4.28. The summed E-state index contributed by atoms with van der Waals surface area (Å²) in [4.78, 5) is 6.49. The van der Waals surface area contributed by atoms with Gasteiger partial charge in [-0.25, -0.2) is 4.98 Å². The molecule has 2 heterocycles. The molecule has 2 unspecified atom stereocenters. The van der Waals surface area contributed by atoms with Crippen LogP contribution in [0.3, 0.4) is 0 Å². The van der Waals surface area contributed by atoms with Gasteiger partial charge < -0.3 is 5.11 Å². The molecule has 0 saturated carbocycles. The van der Waals surface area contributed by atoms with Crippen LogP contribution in [0, 0.1) is 5.92 Å². The number of aromatic nitrogens is 3. The Morgan fingerprint density at radius 2 is 2.40 bits per heavy atom. The number of likely N-dealkylation sites (tertiary alicyclic amines) is 1. The van der Waals surface area contributed by atoms with Crippen LogP contribution < -0.4 is 0 Å². The molecule has 1 N–H and O–H groups in total. The molecule has 0 aliphatic carbocycles. The Bertz CT molecular complexity index is 325. The Morgan fingerprint density at radius 1 is 1.60 bits per heavy atom. The smallest absolute Gasteiger partial charge is 0.140 e. The molecule has 1 fully saturated rings. The minimum Gasteiger partial charge on any atom is -0.395 e. The number of hydrogen-bond donors (Lipinski definition) is 1. The van der Waals surface area contributed by atoms with Gasteiger partial charge in [0.2, 0.25) is 0 Å². The van der Waals surface area contributed by atoms with Crippen molar-refractivity contribution in [1.82, 2.24) is 19.7 Å². The summed E-state index contributed by atoms with van der Waals surface area (Å²) < 4.78 is 1.79. The Kier molecular flexibility index (Phi) is 3.02. The molecule has 0 aromatic carbocycles. The second-order valence-corrected chi connectivity index (χ2v) is 4.29. The van der Waals surface area contributed by atoms with Gasteiger partial charge in [-0.2, -0.15) is 5.10 Å². The molecule has 84 valence electrons. The maximum Gasteiger partial charge on any atom is 0.140 e. The lowest BCUT2D eigenvalue weighted by molar-refractivity contribution is 0.131. The third-order valence-corrected chi connectivity index (χ3v) is 3.33. The first-order valence-corrected chi connectivity index (χ1v) is 5.40. The average molecular weight is 210 g/mol. The van der Waals surface area contributed by atoms with Crippen LogP contribution in [0.1, 0.15) is 19.2 Å². The third-order valence-electron chi connectivity index (χ3n) is 3.33. The Hall–Kier alpha value is -0.940. The highest BCUT2D eigenvalue weighted by Crippen LogP contribution is 2.24. The minimum absolute atomic E-state index is 0.235. The molecule has 1 aliphatic heterocycles. The van der Waals surface area contributed by atoms with Gasteiger partial charge in [-0.1, -0.05) is 6.92 Å². The molecule has 5 nitrogen and oxygen atoms in total. The molecule has 0 bridgehead atoms. The topological polar surface area (TPSA) is 54.2 Å². The zero-order valence-electron chi connectivity index (χ0n) is 9.30. The maximum absolute atomic E-state index is 9.32. The lowest BCUT2D eigenvalue weighted by Gasteiger charge is -2.24. The summed E-state index contributed by atoms with van der Waals surface area (Å²) >= 11 is 0. The van der Waals surface area contributed by atoms with E-state index < -0.39 is 0 Å². The number of aliphatic hydroxyl groups excluding tert-OH is 1. The van der Waals surface area contributed by atoms with Crippen molar-refractivity contribution in [2.75, 3.05) is 13.2 Å². The van der Waals surface area contributed by atoms with E-state index in [1.165, 1.54) is 0 Å². The highest BCUT2D eigenvalue weighted by atomic mass is 16.3. The van der Waals surface area contributed by atoms with Gasteiger partial charge >= 0.3 is 0 Å². The van der Waals surface area contributed by atoms with Crippen molar-refractivity contribution in [2.45, 2.75) is 25.9 Å². The van der Waals surface area contributed by atoms with Crippen LogP contribution in [0.5, 0.6) is 0 Å². The van der Waals surface area contributed by atoms with Crippen molar-refractivity contribution >= 4 is 0 Å². The van der Waals surface area contributed by atoms with Gasteiger partial charge in [-0.05, 0) is 18.9 Å². The van der Waals surface area contributed by atoms with Crippen molar-refractivity contribution in [3.8, 4) is 0 Å². The standard InChI is InChI=1S/C10H18N4O/c1-8-3-4-14(9(8)6-15)5-10-11-7-12-13(10)2/h7-9,15H,3-6H2,1-2H3. The fourth-order valence-electron chi connectivity index (χ4n) is 2.22. The Labute approximate surface area is 89.7 Å². The number of rotatable bonds is 3. The van der Waals surface area contributed by atoms with Crippen LogP contribution in [-0.4, -0.2) is 44.0 Å². The van der Waals surface area contributed by atoms with E-state index in [-0.39, 0.29) is 12.6 Å². The summed E-state index contributed by atoms with van der Waals surface area (Å²) in [6, 6.07) is 0.279. The van der Waals surface area contributed by atoms with Crippen LogP contribution in [0.25, 0.3) is 0 Å². The average Bonchev–Trinajstić information content (AvgIpc) is 2.76. The monoisotopic (exact) mass is 210 g/mol. The fraction of sp³-hybridized carbons (Fsp3) is 0.800. The van der Waals surface area contributed by atoms with E-state index in [2.05, 4.69) is 21.9 Å². The van der Waals surface area contributed by atoms with Crippen molar-refractivity contribution in [2.24, 2.45) is 13.0 Å². The first-order valence-electron chi connectivity index (χ1n) is 5.40. The third kappa shape index (κ3) is 2.03. The largest absolute Gasteiger partial charge is 0.395 e. The molecule has 1 saturated heterocycles. The summed E-state index contributed by atoms with van der Waals surface area (Å²) in [6.07, 6.45) is 2.73. The molecule has 2 rings (SSSR count). The van der Waals surface area contributed by atoms with Crippen LogP contribution in [0.15, 0.2) is 6.33 Å². The molecule has 0 spiro atoms. The first-order chi connectivity index (χ1) is 7.22. The quantitative estimate of drug-likeness (QED) is 0.764. The van der Waals surface area contributed by atoms with Crippen molar-refractivity contribution in [3.05, 3.63) is 12.2 Å². The van der Waals surface area contributed by atoms with Gasteiger partial charge in [-0.3, -0.25) is 9.58 Å². The van der Waals surface area contributed by atoms with E-state index in [9.17, 15) is 5.11 Å². The fourth-order valence-corrected chi connectivity index (χ4v) is 2.22. The lowest BCUT2D eigenvalue weighted by Crippen LogP contribution is -2.35. The van der Waals surface area contributed by atoms with E-state index in [0.29, 0.717) is 5.92 Å². The molecule has 0 radical (unpaired) electrons. The SMILES string of the molecule is CC1CCN(Cc2ncnn2C)C1CO. The molecular formula is C10H18N4O. The summed E-state index contributed by atoms with van der Waals surface area (Å²) in [5.74, 6) is 1.53. The van der Waals surface area contributed by atoms with Crippen molar-refractivity contribution in [3.63, 3.8) is 0 Å². The number of aryl methyl sites for hydroxylation is 1. The van der Waals surface area contributed by atoms with Gasteiger partial charge in [0.15, 0.2) is 0 Å². The Morgan fingerprint density at radius 3 is 3.00 bits per heavy atom. The number of nitrogens with zero attached hydrogens (tertiary/aromatic N) is 4. The van der Waals surface area contributed by atoms with Gasteiger partial charge in [-0.15, -0.1) is 0 Å². The summed E-state index contributed by atoms with van der Waals surface area (Å²) in [6.45, 7) is 4.25. The maximum atomic E-state index is 9.32. The van der Waals surface area contributed by atoms with Crippen LogP contribution in [0.2, 0.25) is 0 Å². The van der Waals surface area contributed by atoms with Gasteiger partial charge in [0.05, 0.1) is 13.2 Å². The van der Waals surface area contributed by atoms with E-state index in [0.717, 1.165) is 25.3 Å². The lowest BCUT2D eigenvalue weighted by atomic mass is 10.0. The predicted molar refractivity (Wildman–Crippen MR) is 56.1 cm³/mol. The summed E-state index contributed by atoms with van der Waals surface area (Å²) in [5.41, 5.74) is 0. The molecule has 1 aliphatic rings. The molecule has 0 amide bonds. The molecular weight excluding hydrogens is 192 g/mol. The molecule has 5 heteroatoms. The zero-order valence-corrected chi connectivity index (χ0v) is 9.30. The minimum atomic E-state index is 0.235. The Balaban J connectivity index is 2.03. The molecule has 2 atom stereocenters. The van der Waals surface area contributed by atoms with Crippen LogP contribution >= 0.6 is 0 Å². The highest BCUT2D eigenvalue weighted by Gasteiger charge is 2.30. The van der Waals surface area contributed by atoms with Gasteiger partial charge in [0, 0.05) is 13.1 Å². The second-order valence-electron chi connectivity index (χ2n) is 4.29. The summed E-state index contributed by atoms with van der Waals surface area (Å²) in [7, 11) is 1.90. The molecule has 15 heavy (non-hydrogen) atoms. The zero-order chi connectivity index (χ0) is 10.8. The first kappa shape index (κ1) is 10.6. The van der Waals surface area contributed by atoms with E-state index >= 15 is 0 Å². The van der Waals surface area contributed by atoms with Gasteiger partial charge in [0.25, 0.3) is 0 Å². The number of hydrogen-bond acceptors (Lipinski definition) is 4. The normalized spacial score (nSPS) is 27.4. The van der Waals surface area contributed by atoms with Crippen LogP contribution in [0.4, 0.5) is 0 Å². The predicted octanol–water partition coefficient (Wildman–Crippen LogP) is 0.0178. The van der Waals surface area contributed by atoms with Crippen LogP contribution in [-0.2, 0) is 13.6 Å². The van der Waals surface area contributed by atoms with E-state index in [1.807, 2.05) is 7.05 Å². The van der Waals surface area contributed by atoms with Gasteiger partial charge in [0.1, 0.15) is 12.2 Å². The number of aliphatic hydroxyl groups is 1. The summed E-state index contributed by atoms with van der Waals surface area (Å²) in [5, 5.41) is 13.4.